The Morgan fingerprint density at radius 3 is 2.48 bits per heavy atom. The second-order valence-electron chi connectivity index (χ2n) is 4.40. The maximum absolute atomic E-state index is 11.7. The number of urea groups is 1. The van der Waals surface area contributed by atoms with Crippen molar-refractivity contribution in [3.8, 4) is 0 Å². The number of nitrogens with zero attached hydrogens (tertiary/aromatic N) is 1. The van der Waals surface area contributed by atoms with Crippen LogP contribution >= 0.6 is 0 Å². The largest absolute Gasteiger partial charge is 0.481 e. The lowest BCUT2D eigenvalue weighted by Gasteiger charge is -2.07. The van der Waals surface area contributed by atoms with E-state index < -0.39 is 5.97 Å². The highest BCUT2D eigenvalue weighted by atomic mass is 16.4. The fourth-order valence-corrected chi connectivity index (χ4v) is 1.73. The van der Waals surface area contributed by atoms with Crippen LogP contribution in [0.25, 0.3) is 0 Å². The lowest BCUT2D eigenvalue weighted by atomic mass is 10.1. The Bertz CT molecular complexity index is 612. The summed E-state index contributed by atoms with van der Waals surface area (Å²) < 4.78 is 0. The number of nitrogens with one attached hydrogen (secondary N) is 2. The van der Waals surface area contributed by atoms with Crippen molar-refractivity contribution < 1.29 is 14.7 Å². The van der Waals surface area contributed by atoms with Gasteiger partial charge in [0.2, 0.25) is 0 Å². The van der Waals surface area contributed by atoms with Crippen molar-refractivity contribution in [1.82, 2.24) is 10.3 Å². The smallest absolute Gasteiger partial charge is 0.319 e. The molecule has 0 saturated heterocycles. The summed E-state index contributed by atoms with van der Waals surface area (Å²) in [6, 6.07) is 11.8. The molecule has 6 nitrogen and oxygen atoms in total. The standard InChI is InChI=1S/C15H15N3O3/c19-14(20)9-11-4-6-12(7-5-11)18-15(21)17-10-13-3-1-2-8-16-13/h1-8H,9-10H2,(H,19,20)(H2,17,18,21). The van der Waals surface area contributed by atoms with Gasteiger partial charge < -0.3 is 15.7 Å². The summed E-state index contributed by atoms with van der Waals surface area (Å²) in [7, 11) is 0. The van der Waals surface area contributed by atoms with Crippen molar-refractivity contribution in [1.29, 1.82) is 0 Å². The Kier molecular flexibility index (Phi) is 4.87. The van der Waals surface area contributed by atoms with Crippen LogP contribution in [-0.2, 0) is 17.8 Å². The van der Waals surface area contributed by atoms with E-state index in [0.29, 0.717) is 17.8 Å². The number of aromatic nitrogens is 1. The third kappa shape index (κ3) is 4.94. The number of carboxylic acids is 1. The molecule has 1 aromatic heterocycles. The molecule has 2 rings (SSSR count). The zero-order valence-electron chi connectivity index (χ0n) is 11.2. The average molecular weight is 285 g/mol. The first-order chi connectivity index (χ1) is 10.1. The number of carbonyl (C=O) groups is 2. The minimum atomic E-state index is -0.885. The Hall–Kier alpha value is -2.89. The topological polar surface area (TPSA) is 91.3 Å². The highest BCUT2D eigenvalue weighted by Crippen LogP contribution is 2.10. The summed E-state index contributed by atoms with van der Waals surface area (Å²) in [6.45, 7) is 0.337. The first-order valence-corrected chi connectivity index (χ1v) is 6.39. The molecule has 0 aliphatic carbocycles. The van der Waals surface area contributed by atoms with E-state index in [1.54, 1.807) is 30.5 Å². The van der Waals surface area contributed by atoms with Gasteiger partial charge in [-0.3, -0.25) is 9.78 Å². The quantitative estimate of drug-likeness (QED) is 0.784. The van der Waals surface area contributed by atoms with Crippen molar-refractivity contribution in [2.75, 3.05) is 5.32 Å². The van der Waals surface area contributed by atoms with E-state index >= 15 is 0 Å². The molecule has 0 radical (unpaired) electrons. The fourth-order valence-electron chi connectivity index (χ4n) is 1.73. The first-order valence-electron chi connectivity index (χ1n) is 6.39. The van der Waals surface area contributed by atoms with Gasteiger partial charge in [-0.25, -0.2) is 4.79 Å². The van der Waals surface area contributed by atoms with Crippen LogP contribution in [0, 0.1) is 0 Å². The molecule has 6 heteroatoms. The minimum absolute atomic E-state index is 0.0356. The molecule has 2 aromatic rings. The number of hydrogen-bond donors (Lipinski definition) is 3. The number of pyridine rings is 1. The molecule has 0 fully saturated rings. The molecule has 2 amide bonds. The molecule has 3 N–H and O–H groups in total. The Morgan fingerprint density at radius 2 is 1.86 bits per heavy atom. The van der Waals surface area contributed by atoms with Crippen molar-refractivity contribution in [3.63, 3.8) is 0 Å². The predicted molar refractivity (Wildman–Crippen MR) is 77.9 cm³/mol. The molecule has 0 saturated carbocycles. The van der Waals surface area contributed by atoms with Crippen LogP contribution in [0.3, 0.4) is 0 Å². The Labute approximate surface area is 121 Å². The summed E-state index contributed by atoms with van der Waals surface area (Å²) in [5.74, 6) is -0.885. The van der Waals surface area contributed by atoms with E-state index in [9.17, 15) is 9.59 Å². The highest BCUT2D eigenvalue weighted by molar-refractivity contribution is 5.89. The maximum atomic E-state index is 11.7. The number of carbonyl (C=O) groups excluding carboxylic acids is 1. The van der Waals surface area contributed by atoms with Gasteiger partial charge in [-0.2, -0.15) is 0 Å². The SMILES string of the molecule is O=C(O)Cc1ccc(NC(=O)NCc2ccccn2)cc1. The lowest BCUT2D eigenvalue weighted by molar-refractivity contribution is -0.136. The molecule has 0 bridgehead atoms. The molecular weight excluding hydrogens is 270 g/mol. The third-order valence-electron chi connectivity index (χ3n) is 2.72. The molecule has 0 aliphatic rings. The van der Waals surface area contributed by atoms with E-state index in [1.165, 1.54) is 0 Å². The van der Waals surface area contributed by atoms with Crippen molar-refractivity contribution in [3.05, 3.63) is 59.9 Å². The second-order valence-corrected chi connectivity index (χ2v) is 4.40. The van der Waals surface area contributed by atoms with Gasteiger partial charge in [0.05, 0.1) is 18.7 Å². The number of carboxylic acid groups (broad SMARTS) is 1. The van der Waals surface area contributed by atoms with Crippen LogP contribution in [0.2, 0.25) is 0 Å². The molecule has 1 heterocycles. The van der Waals surface area contributed by atoms with E-state index in [-0.39, 0.29) is 12.5 Å². The zero-order valence-corrected chi connectivity index (χ0v) is 11.2. The normalized spacial score (nSPS) is 9.90. The maximum Gasteiger partial charge on any atom is 0.319 e. The van der Waals surface area contributed by atoms with Gasteiger partial charge in [0, 0.05) is 11.9 Å². The molecule has 0 unspecified atom stereocenters. The second kappa shape index (κ2) is 7.04. The number of benzene rings is 1. The summed E-state index contributed by atoms with van der Waals surface area (Å²) in [5, 5.41) is 14.0. The molecule has 0 atom stereocenters. The molecule has 0 spiro atoms. The predicted octanol–water partition coefficient (Wildman–Crippen LogP) is 2.03. The number of hydrogen-bond acceptors (Lipinski definition) is 3. The van der Waals surface area contributed by atoms with Gasteiger partial charge >= 0.3 is 12.0 Å². The van der Waals surface area contributed by atoms with Gasteiger partial charge in [0.15, 0.2) is 0 Å². The molecule has 21 heavy (non-hydrogen) atoms. The summed E-state index contributed by atoms with van der Waals surface area (Å²) in [5.41, 5.74) is 2.05. The summed E-state index contributed by atoms with van der Waals surface area (Å²) in [4.78, 5) is 26.4. The average Bonchev–Trinajstić information content (AvgIpc) is 2.48. The molecule has 108 valence electrons. The van der Waals surface area contributed by atoms with Crippen LogP contribution in [0.4, 0.5) is 10.5 Å². The monoisotopic (exact) mass is 285 g/mol. The van der Waals surface area contributed by atoms with Crippen LogP contribution in [0.5, 0.6) is 0 Å². The van der Waals surface area contributed by atoms with Gasteiger partial charge in [0.25, 0.3) is 0 Å². The number of amides is 2. The van der Waals surface area contributed by atoms with Crippen LogP contribution < -0.4 is 10.6 Å². The molecular formula is C15H15N3O3. The highest BCUT2D eigenvalue weighted by Gasteiger charge is 2.03. The fraction of sp³-hybridized carbons (Fsp3) is 0.133. The van der Waals surface area contributed by atoms with Crippen LogP contribution in [0.1, 0.15) is 11.3 Å². The summed E-state index contributed by atoms with van der Waals surface area (Å²) in [6.07, 6.45) is 1.63. The Morgan fingerprint density at radius 1 is 1.10 bits per heavy atom. The van der Waals surface area contributed by atoms with E-state index in [2.05, 4.69) is 15.6 Å². The number of aliphatic carboxylic acids is 1. The van der Waals surface area contributed by atoms with Gasteiger partial charge in [-0.1, -0.05) is 18.2 Å². The van der Waals surface area contributed by atoms with E-state index in [1.807, 2.05) is 18.2 Å². The summed E-state index contributed by atoms with van der Waals surface area (Å²) >= 11 is 0. The minimum Gasteiger partial charge on any atom is -0.481 e. The zero-order chi connectivity index (χ0) is 15.1. The van der Waals surface area contributed by atoms with E-state index in [4.69, 9.17) is 5.11 Å². The Balaban J connectivity index is 1.83. The van der Waals surface area contributed by atoms with Gasteiger partial charge in [-0.05, 0) is 29.8 Å². The number of anilines is 1. The van der Waals surface area contributed by atoms with Crippen LogP contribution in [-0.4, -0.2) is 22.1 Å². The number of rotatable bonds is 5. The third-order valence-corrected chi connectivity index (χ3v) is 2.72. The van der Waals surface area contributed by atoms with Crippen LogP contribution in [0.15, 0.2) is 48.7 Å². The van der Waals surface area contributed by atoms with Crippen molar-refractivity contribution >= 4 is 17.7 Å². The van der Waals surface area contributed by atoms with Crippen molar-refractivity contribution in [2.24, 2.45) is 0 Å². The first kappa shape index (κ1) is 14.5. The van der Waals surface area contributed by atoms with Gasteiger partial charge in [-0.15, -0.1) is 0 Å². The lowest BCUT2D eigenvalue weighted by Crippen LogP contribution is -2.28. The molecule has 1 aromatic carbocycles. The van der Waals surface area contributed by atoms with Gasteiger partial charge in [0.1, 0.15) is 0 Å². The van der Waals surface area contributed by atoms with E-state index in [0.717, 1.165) is 5.69 Å². The van der Waals surface area contributed by atoms with Crippen molar-refractivity contribution in [2.45, 2.75) is 13.0 Å². The molecule has 0 aliphatic heterocycles.